The maximum Gasteiger partial charge on any atom is 0.183 e. The number of hydrogen-bond acceptors (Lipinski definition) is 7. The molecule has 4 nitrogen and oxygen atoms in total. The zero-order chi connectivity index (χ0) is 21.7. The van der Waals surface area contributed by atoms with Gasteiger partial charge in [0.1, 0.15) is 0 Å². The Bertz CT molecular complexity index is 1040. The topological polar surface area (TPSA) is 49.3 Å². The fraction of sp³-hybridized carbons (Fsp3) is 0.417. The van der Waals surface area contributed by atoms with E-state index in [-0.39, 0.29) is 5.54 Å². The van der Waals surface area contributed by atoms with Crippen LogP contribution in [-0.4, -0.2) is 28.0 Å². The van der Waals surface area contributed by atoms with Crippen molar-refractivity contribution in [1.82, 2.24) is 4.98 Å². The second-order valence-corrected chi connectivity index (χ2v) is 10.8. The van der Waals surface area contributed by atoms with Crippen LogP contribution in [0.4, 0.5) is 10.8 Å². The minimum Gasteiger partial charge on any atom is -0.361 e. The van der Waals surface area contributed by atoms with Crippen molar-refractivity contribution in [3.63, 3.8) is 0 Å². The van der Waals surface area contributed by atoms with Gasteiger partial charge in [-0.2, -0.15) is 0 Å². The highest BCUT2D eigenvalue weighted by Crippen LogP contribution is 2.32. The maximum atomic E-state index is 4.96. The van der Waals surface area contributed by atoms with Gasteiger partial charge in [-0.3, -0.25) is 4.99 Å². The number of nitrogens with zero attached hydrogens (tertiary/aromatic N) is 2. The van der Waals surface area contributed by atoms with Crippen LogP contribution in [0.1, 0.15) is 45.1 Å². The number of thiazole rings is 1. The lowest BCUT2D eigenvalue weighted by molar-refractivity contribution is 0.465. The molecule has 7 heteroatoms. The number of benzene rings is 2. The Morgan fingerprint density at radius 2 is 1.97 bits per heavy atom. The van der Waals surface area contributed by atoms with Crippen LogP contribution in [0.3, 0.4) is 0 Å². The Morgan fingerprint density at radius 1 is 1.13 bits per heavy atom. The predicted molar refractivity (Wildman–Crippen MR) is 142 cm³/mol. The van der Waals surface area contributed by atoms with Gasteiger partial charge in [-0.25, -0.2) is 4.98 Å². The maximum absolute atomic E-state index is 4.96. The van der Waals surface area contributed by atoms with Crippen molar-refractivity contribution in [3.05, 3.63) is 48.0 Å². The minimum absolute atomic E-state index is 0.0862. The number of fused-ring (bicyclic) bond motifs is 1. The first-order valence-corrected chi connectivity index (χ1v) is 13.2. The summed E-state index contributed by atoms with van der Waals surface area (Å²) in [5.41, 5.74) is 3.52. The summed E-state index contributed by atoms with van der Waals surface area (Å²) in [6.45, 7) is 5.39. The Hall–Kier alpha value is -1.70. The summed E-state index contributed by atoms with van der Waals surface area (Å²) < 4.78 is 1.17. The quantitative estimate of drug-likeness (QED) is 0.231. The summed E-state index contributed by atoms with van der Waals surface area (Å²) >= 11 is 7.92. The van der Waals surface area contributed by atoms with E-state index in [1.807, 2.05) is 23.9 Å². The predicted octanol–water partition coefficient (Wildman–Crippen LogP) is 7.09. The highest BCUT2D eigenvalue weighted by atomic mass is 32.2. The molecule has 0 radical (unpaired) electrons. The molecule has 0 spiro atoms. The number of thiol groups is 1. The first-order valence-electron chi connectivity index (χ1n) is 10.9. The Morgan fingerprint density at radius 3 is 2.77 bits per heavy atom. The third kappa shape index (κ3) is 6.18. The average molecular weight is 471 g/mol. The second-order valence-electron chi connectivity index (χ2n) is 8.33. The van der Waals surface area contributed by atoms with Crippen molar-refractivity contribution in [2.24, 2.45) is 4.99 Å². The third-order valence-corrected chi connectivity index (χ3v) is 7.96. The lowest BCUT2D eigenvalue weighted by atomic mass is 9.97. The van der Waals surface area contributed by atoms with Gasteiger partial charge in [0.05, 0.1) is 15.8 Å². The van der Waals surface area contributed by atoms with E-state index in [4.69, 9.17) is 4.99 Å². The molecule has 1 atom stereocenters. The van der Waals surface area contributed by atoms with Crippen molar-refractivity contribution in [2.45, 2.75) is 56.4 Å². The number of aromatic nitrogens is 1. The Labute approximate surface area is 198 Å². The fourth-order valence-electron chi connectivity index (χ4n) is 3.66. The van der Waals surface area contributed by atoms with Gasteiger partial charge in [0.25, 0.3) is 0 Å². The van der Waals surface area contributed by atoms with Crippen LogP contribution in [0, 0.1) is 0 Å². The normalized spacial score (nSPS) is 18.4. The van der Waals surface area contributed by atoms with E-state index in [0.29, 0.717) is 0 Å². The molecule has 0 aliphatic carbocycles. The van der Waals surface area contributed by atoms with E-state index in [1.165, 1.54) is 35.9 Å². The van der Waals surface area contributed by atoms with Crippen molar-refractivity contribution >= 4 is 61.9 Å². The molecule has 3 aromatic rings. The molecule has 0 amide bonds. The summed E-state index contributed by atoms with van der Waals surface area (Å²) in [6, 6.07) is 14.7. The summed E-state index contributed by atoms with van der Waals surface area (Å²) in [5, 5.41) is 8.96. The molecule has 4 rings (SSSR count). The lowest BCUT2D eigenvalue weighted by Crippen LogP contribution is -2.21. The first kappa shape index (κ1) is 22.5. The van der Waals surface area contributed by atoms with Gasteiger partial charge < -0.3 is 10.6 Å². The smallest absolute Gasteiger partial charge is 0.183 e. The Balaban J connectivity index is 1.26. The van der Waals surface area contributed by atoms with E-state index in [1.54, 1.807) is 11.3 Å². The molecule has 2 heterocycles. The van der Waals surface area contributed by atoms with Crippen LogP contribution < -0.4 is 10.6 Å². The number of aliphatic imine (C=N–C) groups is 1. The van der Waals surface area contributed by atoms with E-state index in [9.17, 15) is 0 Å². The molecule has 0 saturated carbocycles. The van der Waals surface area contributed by atoms with Crippen LogP contribution >= 0.6 is 35.7 Å². The number of nitrogens with one attached hydrogen (secondary N) is 2. The largest absolute Gasteiger partial charge is 0.361 e. The van der Waals surface area contributed by atoms with Gasteiger partial charge in [-0.15, -0.1) is 12.6 Å². The van der Waals surface area contributed by atoms with Crippen LogP contribution in [0.5, 0.6) is 0 Å². The molecular weight excluding hydrogens is 440 g/mol. The number of anilines is 2. The molecule has 1 aromatic heterocycles. The number of unbranched alkanes of at least 4 members (excludes halogenated alkanes) is 2. The third-order valence-electron chi connectivity index (χ3n) is 5.48. The standard InChI is InChI=1S/C24H30N4S3/c1-3-4-5-13-24(2)16-30-23(28-24)26-18-8-6-17(7-9-18)12-14-25-22-27-20-11-10-19(29)15-21(20)31-22/h6-11,15,29H,3-5,12-14,16H2,1-2H3,(H,25,27)(H,26,28). The second kappa shape index (κ2) is 10.3. The molecule has 1 aliphatic heterocycles. The van der Waals surface area contributed by atoms with Gasteiger partial charge in [0.15, 0.2) is 10.3 Å². The molecule has 0 saturated heterocycles. The summed E-state index contributed by atoms with van der Waals surface area (Å²) in [4.78, 5) is 10.6. The highest BCUT2D eigenvalue weighted by molar-refractivity contribution is 8.14. The van der Waals surface area contributed by atoms with E-state index in [2.05, 4.69) is 72.4 Å². The molecule has 0 fully saturated rings. The van der Waals surface area contributed by atoms with Crippen LogP contribution in [-0.2, 0) is 6.42 Å². The van der Waals surface area contributed by atoms with Crippen LogP contribution in [0.15, 0.2) is 52.4 Å². The van der Waals surface area contributed by atoms with Crippen molar-refractivity contribution in [3.8, 4) is 0 Å². The number of amidine groups is 1. The van der Waals surface area contributed by atoms with Crippen molar-refractivity contribution in [2.75, 3.05) is 22.9 Å². The molecule has 1 unspecified atom stereocenters. The molecule has 1 aliphatic rings. The zero-order valence-electron chi connectivity index (χ0n) is 18.1. The summed E-state index contributed by atoms with van der Waals surface area (Å²) in [6.07, 6.45) is 5.96. The number of rotatable bonds is 9. The van der Waals surface area contributed by atoms with Crippen molar-refractivity contribution in [1.29, 1.82) is 0 Å². The molecule has 2 N–H and O–H groups in total. The van der Waals surface area contributed by atoms with Crippen LogP contribution in [0.2, 0.25) is 0 Å². The molecular formula is C24H30N4S3. The van der Waals surface area contributed by atoms with Gasteiger partial charge in [-0.05, 0) is 55.7 Å². The zero-order valence-corrected chi connectivity index (χ0v) is 20.7. The van der Waals surface area contributed by atoms with Crippen molar-refractivity contribution < 1.29 is 0 Å². The van der Waals surface area contributed by atoms with Crippen LogP contribution in [0.25, 0.3) is 10.2 Å². The average Bonchev–Trinajstić information content (AvgIpc) is 3.32. The molecule has 31 heavy (non-hydrogen) atoms. The monoisotopic (exact) mass is 470 g/mol. The van der Waals surface area contributed by atoms with Gasteiger partial charge in [0.2, 0.25) is 0 Å². The molecule has 0 bridgehead atoms. The van der Waals surface area contributed by atoms with Gasteiger partial charge in [-0.1, -0.05) is 61.4 Å². The van der Waals surface area contributed by atoms with E-state index < -0.39 is 0 Å². The molecule has 164 valence electrons. The summed E-state index contributed by atoms with van der Waals surface area (Å²) in [7, 11) is 0. The first-order chi connectivity index (χ1) is 15.0. The minimum atomic E-state index is 0.0862. The SMILES string of the molecule is CCCCCC1(C)CSC(Nc2ccc(CCNc3nc4ccc(S)cc4s3)cc2)=N1. The lowest BCUT2D eigenvalue weighted by Gasteiger charge is -2.18. The van der Waals surface area contributed by atoms with E-state index >= 15 is 0 Å². The number of hydrogen-bond donors (Lipinski definition) is 3. The van der Waals surface area contributed by atoms with E-state index in [0.717, 1.165) is 45.1 Å². The highest BCUT2D eigenvalue weighted by Gasteiger charge is 2.30. The Kier molecular flexibility index (Phi) is 7.46. The molecule has 2 aromatic carbocycles. The number of thioether (sulfide) groups is 1. The van der Waals surface area contributed by atoms with Gasteiger partial charge in [0, 0.05) is 22.9 Å². The fourth-order valence-corrected chi connectivity index (χ4v) is 6.02. The van der Waals surface area contributed by atoms with Gasteiger partial charge >= 0.3 is 0 Å². The summed E-state index contributed by atoms with van der Waals surface area (Å²) in [5.74, 6) is 1.07.